The predicted molar refractivity (Wildman–Crippen MR) is 143 cm³/mol. The average Bonchev–Trinajstić information content (AvgIpc) is 2.82. The molecule has 0 fully saturated rings. The first-order chi connectivity index (χ1) is 16.2. The Morgan fingerprint density at radius 3 is 1.70 bits per heavy atom. The standard InChI is InChI=1S/C29H59NO3/c1-3-5-7-9-11-12-14-18-22-28(21-17-13-10-8-6-4-2)27-33-29(32)23-19-15-16-20-24-30-25-26-31/h28,30-31H,3-27H2,1-2H3. The number of aliphatic hydroxyl groups excluding tert-OH is 1. The molecule has 0 radical (unpaired) electrons. The van der Waals surface area contributed by atoms with Crippen molar-refractivity contribution >= 4 is 5.97 Å². The Balaban J connectivity index is 3.95. The van der Waals surface area contributed by atoms with Crippen molar-refractivity contribution in [3.8, 4) is 0 Å². The van der Waals surface area contributed by atoms with Crippen LogP contribution >= 0.6 is 0 Å². The van der Waals surface area contributed by atoms with Crippen molar-refractivity contribution in [2.75, 3.05) is 26.3 Å². The van der Waals surface area contributed by atoms with Gasteiger partial charge in [0, 0.05) is 13.0 Å². The molecule has 0 saturated carbocycles. The van der Waals surface area contributed by atoms with E-state index >= 15 is 0 Å². The highest BCUT2D eigenvalue weighted by Gasteiger charge is 2.12. The molecule has 0 aliphatic rings. The summed E-state index contributed by atoms with van der Waals surface area (Å²) in [6.07, 6.45) is 26.1. The van der Waals surface area contributed by atoms with Crippen LogP contribution in [0.3, 0.4) is 0 Å². The quantitative estimate of drug-likeness (QED) is 0.0946. The molecule has 0 rings (SSSR count). The molecule has 0 aromatic carbocycles. The van der Waals surface area contributed by atoms with Gasteiger partial charge in [-0.3, -0.25) is 4.79 Å². The lowest BCUT2D eigenvalue weighted by Gasteiger charge is -2.17. The van der Waals surface area contributed by atoms with Gasteiger partial charge in [-0.1, -0.05) is 117 Å². The lowest BCUT2D eigenvalue weighted by Crippen LogP contribution is -2.19. The van der Waals surface area contributed by atoms with Crippen LogP contribution in [-0.4, -0.2) is 37.4 Å². The summed E-state index contributed by atoms with van der Waals surface area (Å²) in [6.45, 7) is 7.00. The topological polar surface area (TPSA) is 58.6 Å². The van der Waals surface area contributed by atoms with Crippen molar-refractivity contribution in [2.45, 2.75) is 149 Å². The zero-order valence-electron chi connectivity index (χ0n) is 22.5. The van der Waals surface area contributed by atoms with Gasteiger partial charge < -0.3 is 15.2 Å². The van der Waals surface area contributed by atoms with Crippen LogP contribution in [0, 0.1) is 5.92 Å². The van der Waals surface area contributed by atoms with Crippen LogP contribution in [0.5, 0.6) is 0 Å². The van der Waals surface area contributed by atoms with Crippen LogP contribution in [-0.2, 0) is 9.53 Å². The van der Waals surface area contributed by atoms with Crippen LogP contribution in [0.15, 0.2) is 0 Å². The van der Waals surface area contributed by atoms with Crippen molar-refractivity contribution in [3.63, 3.8) is 0 Å². The van der Waals surface area contributed by atoms with E-state index in [0.29, 0.717) is 25.5 Å². The molecule has 1 unspecified atom stereocenters. The smallest absolute Gasteiger partial charge is 0.305 e. The SMILES string of the molecule is CCCCCCCCCCC(CCCCCCCC)COC(=O)CCCCCCNCCO. The zero-order valence-corrected chi connectivity index (χ0v) is 22.5. The maximum absolute atomic E-state index is 12.2. The maximum Gasteiger partial charge on any atom is 0.305 e. The summed E-state index contributed by atoms with van der Waals surface area (Å²) in [6, 6.07) is 0. The fourth-order valence-corrected chi connectivity index (χ4v) is 4.45. The third kappa shape index (κ3) is 25.8. The largest absolute Gasteiger partial charge is 0.465 e. The molecule has 2 N–H and O–H groups in total. The lowest BCUT2D eigenvalue weighted by atomic mass is 9.94. The number of unbranched alkanes of at least 4 members (excludes halogenated alkanes) is 15. The number of rotatable bonds is 27. The van der Waals surface area contributed by atoms with Crippen molar-refractivity contribution in [1.29, 1.82) is 0 Å². The zero-order chi connectivity index (χ0) is 24.2. The summed E-state index contributed by atoms with van der Waals surface area (Å²) in [4.78, 5) is 12.2. The number of carbonyl (C=O) groups is 1. The van der Waals surface area contributed by atoms with E-state index in [2.05, 4.69) is 19.2 Å². The van der Waals surface area contributed by atoms with Gasteiger partial charge >= 0.3 is 5.97 Å². The molecule has 1 atom stereocenters. The molecule has 4 heteroatoms. The highest BCUT2D eigenvalue weighted by atomic mass is 16.5. The average molecular weight is 470 g/mol. The van der Waals surface area contributed by atoms with E-state index < -0.39 is 0 Å². The van der Waals surface area contributed by atoms with E-state index in [1.54, 1.807) is 0 Å². The summed E-state index contributed by atoms with van der Waals surface area (Å²) < 4.78 is 5.70. The highest BCUT2D eigenvalue weighted by Crippen LogP contribution is 2.20. The molecule has 0 saturated heterocycles. The molecule has 0 heterocycles. The number of ether oxygens (including phenoxy) is 1. The highest BCUT2D eigenvalue weighted by molar-refractivity contribution is 5.69. The summed E-state index contributed by atoms with van der Waals surface area (Å²) in [5.41, 5.74) is 0. The minimum absolute atomic E-state index is 0.00252. The van der Waals surface area contributed by atoms with Crippen molar-refractivity contribution in [1.82, 2.24) is 5.32 Å². The fourth-order valence-electron chi connectivity index (χ4n) is 4.45. The molecule has 4 nitrogen and oxygen atoms in total. The van der Waals surface area contributed by atoms with Gasteiger partial charge in [0.05, 0.1) is 13.2 Å². The second-order valence-corrected chi connectivity index (χ2v) is 10.0. The van der Waals surface area contributed by atoms with Crippen LogP contribution in [0.25, 0.3) is 0 Å². The Morgan fingerprint density at radius 2 is 1.15 bits per heavy atom. The third-order valence-electron chi connectivity index (χ3n) is 6.68. The summed E-state index contributed by atoms with van der Waals surface area (Å²) >= 11 is 0. The van der Waals surface area contributed by atoms with E-state index in [4.69, 9.17) is 9.84 Å². The van der Waals surface area contributed by atoms with Gasteiger partial charge in [-0.25, -0.2) is 0 Å². The first kappa shape index (κ1) is 32.4. The lowest BCUT2D eigenvalue weighted by molar-refractivity contribution is -0.145. The number of carbonyl (C=O) groups excluding carboxylic acids is 1. The van der Waals surface area contributed by atoms with Gasteiger partial charge in [0.2, 0.25) is 0 Å². The molecule has 33 heavy (non-hydrogen) atoms. The monoisotopic (exact) mass is 469 g/mol. The number of esters is 1. The molecule has 0 aliphatic heterocycles. The van der Waals surface area contributed by atoms with Crippen LogP contribution < -0.4 is 5.32 Å². The van der Waals surface area contributed by atoms with Gasteiger partial charge in [0.1, 0.15) is 0 Å². The van der Waals surface area contributed by atoms with E-state index in [-0.39, 0.29) is 12.6 Å². The van der Waals surface area contributed by atoms with Crippen LogP contribution in [0.2, 0.25) is 0 Å². The van der Waals surface area contributed by atoms with Crippen LogP contribution in [0.1, 0.15) is 149 Å². The summed E-state index contributed by atoms with van der Waals surface area (Å²) in [5.74, 6) is 0.551. The minimum atomic E-state index is -0.00252. The first-order valence-corrected chi connectivity index (χ1v) is 14.7. The second-order valence-electron chi connectivity index (χ2n) is 10.0. The molecule has 0 aliphatic carbocycles. The first-order valence-electron chi connectivity index (χ1n) is 14.7. The van der Waals surface area contributed by atoms with Gasteiger partial charge in [-0.15, -0.1) is 0 Å². The Bertz CT molecular complexity index is 389. The van der Waals surface area contributed by atoms with E-state index in [0.717, 1.165) is 32.2 Å². The third-order valence-corrected chi connectivity index (χ3v) is 6.68. The summed E-state index contributed by atoms with van der Waals surface area (Å²) in [5, 5.41) is 11.9. The summed E-state index contributed by atoms with van der Waals surface area (Å²) in [7, 11) is 0. The molecule has 198 valence electrons. The molecule has 0 spiro atoms. The van der Waals surface area contributed by atoms with Gasteiger partial charge in [-0.05, 0) is 38.1 Å². The molecule has 0 bridgehead atoms. The second kappa shape index (κ2) is 27.6. The molecular formula is C29H59NO3. The minimum Gasteiger partial charge on any atom is -0.465 e. The number of aliphatic hydroxyl groups is 1. The van der Waals surface area contributed by atoms with Gasteiger partial charge in [0.25, 0.3) is 0 Å². The maximum atomic E-state index is 12.2. The Hall–Kier alpha value is -0.610. The van der Waals surface area contributed by atoms with E-state index in [1.165, 1.54) is 103 Å². The van der Waals surface area contributed by atoms with Gasteiger partial charge in [-0.2, -0.15) is 0 Å². The Kier molecular flexibility index (Phi) is 27.1. The van der Waals surface area contributed by atoms with Crippen molar-refractivity contribution in [2.24, 2.45) is 5.92 Å². The normalized spacial score (nSPS) is 12.2. The molecule has 0 aromatic rings. The molecule has 0 amide bonds. The van der Waals surface area contributed by atoms with E-state index in [1.807, 2.05) is 0 Å². The molecular weight excluding hydrogens is 410 g/mol. The van der Waals surface area contributed by atoms with Crippen LogP contribution in [0.4, 0.5) is 0 Å². The van der Waals surface area contributed by atoms with Crippen molar-refractivity contribution < 1.29 is 14.6 Å². The predicted octanol–water partition coefficient (Wildman–Crippen LogP) is 7.96. The molecule has 0 aromatic heterocycles. The number of nitrogens with one attached hydrogen (secondary N) is 1. The Morgan fingerprint density at radius 1 is 0.667 bits per heavy atom. The number of hydrogen-bond acceptors (Lipinski definition) is 4. The number of hydrogen-bond donors (Lipinski definition) is 2. The van der Waals surface area contributed by atoms with E-state index in [9.17, 15) is 4.79 Å². The fraction of sp³-hybridized carbons (Fsp3) is 0.966. The van der Waals surface area contributed by atoms with Crippen molar-refractivity contribution in [3.05, 3.63) is 0 Å². The Labute approximate surface area is 207 Å². The van der Waals surface area contributed by atoms with Gasteiger partial charge in [0.15, 0.2) is 0 Å².